The van der Waals surface area contributed by atoms with Gasteiger partial charge >= 0.3 is 0 Å². The Hall–Kier alpha value is -0.570. The molecule has 0 atom stereocenters. The molecule has 0 radical (unpaired) electrons. The molecule has 0 spiro atoms. The summed E-state index contributed by atoms with van der Waals surface area (Å²) in [6, 6.07) is 1.05. The summed E-state index contributed by atoms with van der Waals surface area (Å²) in [6.45, 7) is 0.515. The molecule has 2 aliphatic rings. The second-order valence-electron chi connectivity index (χ2n) is 5.26. The van der Waals surface area contributed by atoms with E-state index in [2.05, 4.69) is 10.6 Å². The molecule has 3 heteroatoms. The van der Waals surface area contributed by atoms with Crippen LogP contribution in [0.25, 0.3) is 0 Å². The Morgan fingerprint density at radius 3 is 2.06 bits per heavy atom. The molecule has 2 fully saturated rings. The van der Waals surface area contributed by atoms with E-state index in [-0.39, 0.29) is 5.91 Å². The topological polar surface area (TPSA) is 41.1 Å². The van der Waals surface area contributed by atoms with Crippen LogP contribution in [0.2, 0.25) is 0 Å². The molecule has 0 aliphatic heterocycles. The molecule has 0 aromatic heterocycles. The van der Waals surface area contributed by atoms with Gasteiger partial charge in [-0.3, -0.25) is 4.79 Å². The maximum absolute atomic E-state index is 11.7. The van der Waals surface area contributed by atoms with Gasteiger partial charge < -0.3 is 10.6 Å². The lowest BCUT2D eigenvalue weighted by Crippen LogP contribution is -2.45. The van der Waals surface area contributed by atoms with Gasteiger partial charge in [0, 0.05) is 12.1 Å². The molecule has 2 aliphatic carbocycles. The highest BCUT2D eigenvalue weighted by atomic mass is 16.1. The Balaban J connectivity index is 1.60. The summed E-state index contributed by atoms with van der Waals surface area (Å²) in [7, 11) is 0. The van der Waals surface area contributed by atoms with Crippen molar-refractivity contribution in [2.75, 3.05) is 6.54 Å². The lowest BCUT2D eigenvalue weighted by molar-refractivity contribution is -0.121. The Labute approximate surface area is 98.4 Å². The van der Waals surface area contributed by atoms with Crippen LogP contribution in [0.3, 0.4) is 0 Å². The highest BCUT2D eigenvalue weighted by Gasteiger charge is 2.19. The largest absolute Gasteiger partial charge is 0.352 e. The molecule has 0 bridgehead atoms. The van der Waals surface area contributed by atoms with Gasteiger partial charge in [0.05, 0.1) is 6.54 Å². The molecule has 2 N–H and O–H groups in total. The van der Waals surface area contributed by atoms with Crippen molar-refractivity contribution < 1.29 is 4.79 Å². The van der Waals surface area contributed by atoms with Crippen LogP contribution >= 0.6 is 0 Å². The van der Waals surface area contributed by atoms with Gasteiger partial charge in [-0.25, -0.2) is 0 Å². The first-order valence-corrected chi connectivity index (χ1v) is 6.87. The highest BCUT2D eigenvalue weighted by molar-refractivity contribution is 5.78. The van der Waals surface area contributed by atoms with Gasteiger partial charge in [-0.05, 0) is 25.7 Å². The number of rotatable bonds is 4. The summed E-state index contributed by atoms with van der Waals surface area (Å²) in [5.74, 6) is 0.193. The fraction of sp³-hybridized carbons (Fsp3) is 0.923. The number of carbonyl (C=O) groups is 1. The van der Waals surface area contributed by atoms with Crippen LogP contribution < -0.4 is 10.6 Å². The normalized spacial score (nSPS) is 23.5. The fourth-order valence-electron chi connectivity index (χ4n) is 2.55. The van der Waals surface area contributed by atoms with Crippen LogP contribution in [0.5, 0.6) is 0 Å². The first kappa shape index (κ1) is 11.9. The summed E-state index contributed by atoms with van der Waals surface area (Å²) in [6.07, 6.45) is 11.4. The van der Waals surface area contributed by atoms with Crippen LogP contribution in [-0.4, -0.2) is 24.5 Å². The van der Waals surface area contributed by atoms with E-state index in [1.807, 2.05) is 0 Å². The van der Waals surface area contributed by atoms with Gasteiger partial charge in [-0.15, -0.1) is 0 Å². The van der Waals surface area contributed by atoms with E-state index in [1.165, 1.54) is 57.8 Å². The highest BCUT2D eigenvalue weighted by Crippen LogP contribution is 2.18. The van der Waals surface area contributed by atoms with Crippen molar-refractivity contribution in [3.8, 4) is 0 Å². The Morgan fingerprint density at radius 1 is 0.875 bits per heavy atom. The van der Waals surface area contributed by atoms with Gasteiger partial charge in [0.2, 0.25) is 5.91 Å². The summed E-state index contributed by atoms with van der Waals surface area (Å²) in [5.41, 5.74) is 0. The van der Waals surface area contributed by atoms with Crippen molar-refractivity contribution in [2.24, 2.45) is 0 Å². The van der Waals surface area contributed by atoms with E-state index < -0.39 is 0 Å². The zero-order chi connectivity index (χ0) is 11.2. The van der Waals surface area contributed by atoms with Crippen LogP contribution in [-0.2, 0) is 4.79 Å². The molecule has 3 nitrogen and oxygen atoms in total. The van der Waals surface area contributed by atoms with E-state index in [0.29, 0.717) is 18.6 Å². The van der Waals surface area contributed by atoms with Gasteiger partial charge in [0.1, 0.15) is 0 Å². The lowest BCUT2D eigenvalue weighted by atomic mass is 9.93. The zero-order valence-corrected chi connectivity index (χ0v) is 10.1. The second-order valence-corrected chi connectivity index (χ2v) is 5.26. The van der Waals surface area contributed by atoms with E-state index in [0.717, 1.165) is 0 Å². The first-order chi connectivity index (χ1) is 7.84. The molecule has 0 aromatic carbocycles. The average Bonchev–Trinajstić information content (AvgIpc) is 2.44. The predicted molar refractivity (Wildman–Crippen MR) is 65.3 cm³/mol. The summed E-state index contributed by atoms with van der Waals surface area (Å²) in [5, 5.41) is 6.47. The number of hydrogen-bond acceptors (Lipinski definition) is 2. The van der Waals surface area contributed by atoms with Crippen molar-refractivity contribution in [1.82, 2.24) is 10.6 Å². The maximum Gasteiger partial charge on any atom is 0.234 e. The van der Waals surface area contributed by atoms with Crippen LogP contribution in [0.1, 0.15) is 57.8 Å². The summed E-state index contributed by atoms with van der Waals surface area (Å²) < 4.78 is 0. The standard InChI is InChI=1S/C13H24N2O/c16-13(10-14-11-8-5-9-11)15-12-6-3-1-2-4-7-12/h11-12,14H,1-10H2,(H,15,16). The Bertz CT molecular complexity index is 218. The smallest absolute Gasteiger partial charge is 0.234 e. The monoisotopic (exact) mass is 224 g/mol. The fourth-order valence-corrected chi connectivity index (χ4v) is 2.55. The van der Waals surface area contributed by atoms with Gasteiger partial charge in [0.15, 0.2) is 0 Å². The summed E-state index contributed by atoms with van der Waals surface area (Å²) >= 11 is 0. The van der Waals surface area contributed by atoms with Crippen molar-refractivity contribution in [2.45, 2.75) is 69.9 Å². The van der Waals surface area contributed by atoms with E-state index in [9.17, 15) is 4.79 Å². The van der Waals surface area contributed by atoms with Crippen molar-refractivity contribution in [3.05, 3.63) is 0 Å². The van der Waals surface area contributed by atoms with Crippen LogP contribution in [0.15, 0.2) is 0 Å². The Kier molecular flexibility index (Phi) is 4.64. The number of hydrogen-bond donors (Lipinski definition) is 2. The maximum atomic E-state index is 11.7. The predicted octanol–water partition coefficient (Wildman–Crippen LogP) is 1.97. The minimum atomic E-state index is 0.193. The third-order valence-electron chi connectivity index (χ3n) is 3.88. The second kappa shape index (κ2) is 6.24. The molecule has 0 unspecified atom stereocenters. The SMILES string of the molecule is O=C(CNC1CCC1)NC1CCCCCC1. The zero-order valence-electron chi connectivity index (χ0n) is 10.1. The van der Waals surface area contributed by atoms with E-state index in [4.69, 9.17) is 0 Å². The minimum Gasteiger partial charge on any atom is -0.352 e. The van der Waals surface area contributed by atoms with Gasteiger partial charge in [0.25, 0.3) is 0 Å². The molecule has 0 aromatic rings. The molecule has 0 heterocycles. The lowest BCUT2D eigenvalue weighted by Gasteiger charge is -2.26. The molecule has 2 rings (SSSR count). The van der Waals surface area contributed by atoms with Gasteiger partial charge in [-0.1, -0.05) is 32.1 Å². The Morgan fingerprint density at radius 2 is 1.50 bits per heavy atom. The molecule has 0 saturated heterocycles. The molecule has 92 valence electrons. The molecule has 16 heavy (non-hydrogen) atoms. The molecular weight excluding hydrogens is 200 g/mol. The van der Waals surface area contributed by atoms with Gasteiger partial charge in [-0.2, -0.15) is 0 Å². The van der Waals surface area contributed by atoms with Crippen LogP contribution in [0, 0.1) is 0 Å². The number of nitrogens with one attached hydrogen (secondary N) is 2. The quantitative estimate of drug-likeness (QED) is 0.717. The van der Waals surface area contributed by atoms with E-state index >= 15 is 0 Å². The summed E-state index contributed by atoms with van der Waals surface area (Å²) in [4.78, 5) is 11.7. The van der Waals surface area contributed by atoms with Crippen LogP contribution in [0.4, 0.5) is 0 Å². The van der Waals surface area contributed by atoms with Crippen molar-refractivity contribution >= 4 is 5.91 Å². The van der Waals surface area contributed by atoms with Crippen molar-refractivity contribution in [1.29, 1.82) is 0 Å². The third kappa shape index (κ3) is 3.78. The first-order valence-electron chi connectivity index (χ1n) is 6.87. The molecule has 2 saturated carbocycles. The number of amides is 1. The number of carbonyl (C=O) groups excluding carboxylic acids is 1. The minimum absolute atomic E-state index is 0.193. The average molecular weight is 224 g/mol. The molecule has 1 amide bonds. The van der Waals surface area contributed by atoms with E-state index in [1.54, 1.807) is 0 Å². The third-order valence-corrected chi connectivity index (χ3v) is 3.88. The van der Waals surface area contributed by atoms with Crippen molar-refractivity contribution in [3.63, 3.8) is 0 Å². The molecular formula is C13H24N2O.